The van der Waals surface area contributed by atoms with Gasteiger partial charge in [-0.3, -0.25) is 4.57 Å². The number of aromatic nitrogens is 8. The lowest BCUT2D eigenvalue weighted by Gasteiger charge is -2.19. The highest BCUT2D eigenvalue weighted by atomic mass is 35.5. The fourth-order valence-electron chi connectivity index (χ4n) is 4.80. The predicted molar refractivity (Wildman–Crippen MR) is 142 cm³/mol. The van der Waals surface area contributed by atoms with E-state index in [0.717, 1.165) is 11.1 Å². The maximum absolute atomic E-state index is 10.9. The van der Waals surface area contributed by atoms with Crippen molar-refractivity contribution in [3.05, 3.63) is 89.2 Å². The second-order valence-electron chi connectivity index (χ2n) is 9.18. The summed E-state index contributed by atoms with van der Waals surface area (Å²) < 4.78 is 7.52. The van der Waals surface area contributed by atoms with E-state index >= 15 is 0 Å². The van der Waals surface area contributed by atoms with Crippen LogP contribution in [0.2, 0.25) is 5.28 Å². The summed E-state index contributed by atoms with van der Waals surface area (Å²) >= 11 is 6.33. The zero-order chi connectivity index (χ0) is 26.9. The Labute approximate surface area is 228 Å². The fourth-order valence-corrected chi connectivity index (χ4v) is 4.97. The third-order valence-electron chi connectivity index (χ3n) is 6.79. The molecule has 2 aromatic carbocycles. The summed E-state index contributed by atoms with van der Waals surface area (Å²) in [6.07, 6.45) is -3.09. The van der Waals surface area contributed by atoms with Gasteiger partial charge in [0.15, 0.2) is 29.3 Å². The van der Waals surface area contributed by atoms with E-state index in [0.29, 0.717) is 30.1 Å². The number of benzene rings is 2. The highest BCUT2D eigenvalue weighted by Gasteiger charge is 2.47. The highest BCUT2D eigenvalue weighted by molar-refractivity contribution is 6.28. The zero-order valence-corrected chi connectivity index (χ0v) is 21.7. The van der Waals surface area contributed by atoms with Crippen LogP contribution in [0, 0.1) is 0 Å². The molecule has 1 aliphatic heterocycles. The number of ether oxygens (including phenoxy) is 1. The Morgan fingerprint density at radius 3 is 2.33 bits per heavy atom. The molecule has 0 aliphatic carbocycles. The average Bonchev–Trinajstić information content (AvgIpc) is 3.68. The van der Waals surface area contributed by atoms with Crippen LogP contribution in [0.1, 0.15) is 42.1 Å². The van der Waals surface area contributed by atoms with E-state index in [4.69, 9.17) is 16.3 Å². The minimum absolute atomic E-state index is 0.000127. The van der Waals surface area contributed by atoms with Crippen LogP contribution >= 0.6 is 11.6 Å². The van der Waals surface area contributed by atoms with Crippen LogP contribution in [0.4, 0.5) is 5.82 Å². The third-order valence-corrected chi connectivity index (χ3v) is 6.96. The number of halogens is 1. The molecule has 3 N–H and O–H groups in total. The molecule has 0 spiro atoms. The molecule has 3 aromatic heterocycles. The van der Waals surface area contributed by atoms with Gasteiger partial charge in [0.05, 0.1) is 12.9 Å². The standard InChI is InChI=1S/C26H26ClN9O3/c1-2-36-33-23(32-34-36)21-19(37)20(38)25(39-21)35-14-29-18-22(30-26(27)31-24(18)35)28-13-17(15-9-5-3-6-10-15)16-11-7-4-8-12-16/h3-12,14,17,19-21,25,37-38H,2,13H2,1H3,(H,28,30,31)/t19-,20+,21-,25+/m0/s1. The van der Waals surface area contributed by atoms with Gasteiger partial charge in [0, 0.05) is 12.5 Å². The van der Waals surface area contributed by atoms with Gasteiger partial charge >= 0.3 is 0 Å². The van der Waals surface area contributed by atoms with E-state index in [1.54, 1.807) is 0 Å². The van der Waals surface area contributed by atoms with Gasteiger partial charge in [0.25, 0.3) is 0 Å². The number of aryl methyl sites for hydroxylation is 1. The van der Waals surface area contributed by atoms with Crippen molar-refractivity contribution in [2.24, 2.45) is 0 Å². The summed E-state index contributed by atoms with van der Waals surface area (Å²) in [6.45, 7) is 2.89. The number of hydrogen-bond acceptors (Lipinski definition) is 10. The lowest BCUT2D eigenvalue weighted by molar-refractivity contribution is -0.0384. The van der Waals surface area contributed by atoms with Crippen molar-refractivity contribution in [1.29, 1.82) is 0 Å². The van der Waals surface area contributed by atoms with Crippen LogP contribution in [0.5, 0.6) is 0 Å². The SMILES string of the molecule is CCn1nnc([C@H]2O[C@@H](n3cnc4c(NCC(c5ccccc5)c5ccccc5)nc(Cl)nc43)[C@H](O)[C@@H]2O)n1. The molecule has 4 atom stereocenters. The molecular formula is C26H26ClN9O3. The van der Waals surface area contributed by atoms with Gasteiger partial charge in [0.2, 0.25) is 11.1 Å². The van der Waals surface area contributed by atoms with E-state index in [2.05, 4.69) is 59.9 Å². The Morgan fingerprint density at radius 1 is 1.00 bits per heavy atom. The van der Waals surface area contributed by atoms with Crippen LogP contribution in [0.25, 0.3) is 11.2 Å². The van der Waals surface area contributed by atoms with Gasteiger partial charge in [-0.25, -0.2) is 4.98 Å². The van der Waals surface area contributed by atoms with Gasteiger partial charge in [0.1, 0.15) is 12.2 Å². The summed E-state index contributed by atoms with van der Waals surface area (Å²) in [7, 11) is 0. The van der Waals surface area contributed by atoms with Crippen molar-refractivity contribution < 1.29 is 14.9 Å². The Hall–Kier alpha value is -3.97. The molecule has 4 heterocycles. The first-order valence-electron chi connectivity index (χ1n) is 12.6. The van der Waals surface area contributed by atoms with Gasteiger partial charge in [-0.2, -0.15) is 14.8 Å². The van der Waals surface area contributed by atoms with Gasteiger partial charge in [-0.1, -0.05) is 60.7 Å². The number of fused-ring (bicyclic) bond motifs is 1. The molecule has 5 aromatic rings. The third kappa shape index (κ3) is 4.83. The molecule has 0 saturated carbocycles. The van der Waals surface area contributed by atoms with Crippen LogP contribution in [0.3, 0.4) is 0 Å². The van der Waals surface area contributed by atoms with Crippen molar-refractivity contribution in [2.75, 3.05) is 11.9 Å². The number of imidazole rings is 1. The lowest BCUT2D eigenvalue weighted by atomic mass is 9.91. The molecule has 13 heteroatoms. The Morgan fingerprint density at radius 2 is 1.69 bits per heavy atom. The first-order chi connectivity index (χ1) is 19.0. The largest absolute Gasteiger partial charge is 0.387 e. The van der Waals surface area contributed by atoms with Crippen LogP contribution in [-0.2, 0) is 11.3 Å². The van der Waals surface area contributed by atoms with Gasteiger partial charge < -0.3 is 20.3 Å². The predicted octanol–water partition coefficient (Wildman–Crippen LogP) is 2.72. The topological polar surface area (TPSA) is 149 Å². The number of nitrogens with zero attached hydrogens (tertiary/aromatic N) is 8. The van der Waals surface area contributed by atoms with E-state index in [1.807, 2.05) is 43.3 Å². The lowest BCUT2D eigenvalue weighted by Crippen LogP contribution is -2.29. The quantitative estimate of drug-likeness (QED) is 0.247. The molecule has 0 unspecified atom stereocenters. The van der Waals surface area contributed by atoms with Crippen molar-refractivity contribution in [1.82, 2.24) is 39.7 Å². The van der Waals surface area contributed by atoms with Crippen molar-refractivity contribution in [3.63, 3.8) is 0 Å². The Kier molecular flexibility index (Phi) is 6.92. The Balaban J connectivity index is 1.30. The molecule has 39 heavy (non-hydrogen) atoms. The number of tetrazole rings is 1. The average molecular weight is 548 g/mol. The number of rotatable bonds is 8. The Bertz CT molecular complexity index is 1520. The summed E-state index contributed by atoms with van der Waals surface area (Å²) in [6, 6.07) is 20.4. The molecular weight excluding hydrogens is 522 g/mol. The van der Waals surface area contributed by atoms with E-state index < -0.39 is 24.5 Å². The molecule has 0 radical (unpaired) electrons. The second kappa shape index (κ2) is 10.7. The normalized spacial score (nSPS) is 21.2. The number of aliphatic hydroxyl groups is 2. The molecule has 6 rings (SSSR count). The minimum atomic E-state index is -1.30. The molecule has 12 nitrogen and oxygen atoms in total. The summed E-state index contributed by atoms with van der Waals surface area (Å²) in [4.78, 5) is 14.6. The zero-order valence-electron chi connectivity index (χ0n) is 20.9. The van der Waals surface area contributed by atoms with Crippen molar-refractivity contribution in [3.8, 4) is 0 Å². The number of hydrogen-bond donors (Lipinski definition) is 3. The molecule has 200 valence electrons. The number of nitrogens with one attached hydrogen (secondary N) is 1. The van der Waals surface area contributed by atoms with Crippen molar-refractivity contribution >= 4 is 28.6 Å². The van der Waals surface area contributed by atoms with Gasteiger partial charge in [-0.15, -0.1) is 10.2 Å². The van der Waals surface area contributed by atoms with Crippen LogP contribution in [0.15, 0.2) is 67.0 Å². The van der Waals surface area contributed by atoms with E-state index in [9.17, 15) is 10.2 Å². The maximum Gasteiger partial charge on any atom is 0.226 e. The molecule has 0 amide bonds. The smallest absolute Gasteiger partial charge is 0.226 e. The summed E-state index contributed by atoms with van der Waals surface area (Å²) in [5.41, 5.74) is 3.09. The monoisotopic (exact) mass is 547 g/mol. The molecule has 1 fully saturated rings. The first-order valence-corrected chi connectivity index (χ1v) is 12.9. The minimum Gasteiger partial charge on any atom is -0.387 e. The highest BCUT2D eigenvalue weighted by Crippen LogP contribution is 2.39. The van der Waals surface area contributed by atoms with E-state index in [-0.39, 0.29) is 17.0 Å². The van der Waals surface area contributed by atoms with Crippen LogP contribution < -0.4 is 5.32 Å². The maximum atomic E-state index is 10.9. The number of anilines is 1. The summed E-state index contributed by atoms with van der Waals surface area (Å²) in [5.74, 6) is 0.661. The summed E-state index contributed by atoms with van der Waals surface area (Å²) in [5, 5.41) is 37.0. The van der Waals surface area contributed by atoms with Gasteiger partial charge in [-0.05, 0) is 34.9 Å². The fraction of sp³-hybridized carbons (Fsp3) is 0.308. The van der Waals surface area contributed by atoms with E-state index in [1.165, 1.54) is 15.7 Å². The second-order valence-corrected chi connectivity index (χ2v) is 9.52. The first kappa shape index (κ1) is 25.3. The molecule has 1 saturated heterocycles. The van der Waals surface area contributed by atoms with Crippen LogP contribution in [-0.4, -0.2) is 68.7 Å². The molecule has 1 aliphatic rings. The molecule has 0 bridgehead atoms. The number of aliphatic hydroxyl groups excluding tert-OH is 2. The van der Waals surface area contributed by atoms with Crippen molar-refractivity contribution in [2.45, 2.75) is 43.9 Å².